The molecule has 1 aliphatic heterocycles. The summed E-state index contributed by atoms with van der Waals surface area (Å²) in [5, 5.41) is 2.84. The molecule has 2 heterocycles. The van der Waals surface area contributed by atoms with Crippen molar-refractivity contribution in [3.8, 4) is 11.5 Å². The molecule has 0 fully saturated rings. The lowest BCUT2D eigenvalue weighted by Gasteiger charge is -2.23. The highest BCUT2D eigenvalue weighted by Crippen LogP contribution is 2.34. The molecule has 1 aliphatic rings. The molecular formula is C20H22F3N3O3S. The van der Waals surface area contributed by atoms with Crippen molar-refractivity contribution >= 4 is 17.7 Å². The third-order valence-electron chi connectivity index (χ3n) is 4.37. The maximum Gasteiger partial charge on any atom is 0.433 e. The summed E-state index contributed by atoms with van der Waals surface area (Å²) in [4.78, 5) is 19.7. The third kappa shape index (κ3) is 5.78. The van der Waals surface area contributed by atoms with Crippen LogP contribution in [0.2, 0.25) is 0 Å². The number of ether oxygens (including phenoxy) is 2. The fourth-order valence-corrected chi connectivity index (χ4v) is 3.56. The van der Waals surface area contributed by atoms with Gasteiger partial charge in [-0.25, -0.2) is 9.97 Å². The molecule has 0 saturated carbocycles. The van der Waals surface area contributed by atoms with Crippen LogP contribution in [-0.4, -0.2) is 34.8 Å². The van der Waals surface area contributed by atoms with Crippen LogP contribution < -0.4 is 14.8 Å². The van der Waals surface area contributed by atoms with Crippen molar-refractivity contribution in [3.05, 3.63) is 41.7 Å². The van der Waals surface area contributed by atoms with E-state index in [-0.39, 0.29) is 28.8 Å². The number of benzene rings is 1. The first-order valence-corrected chi connectivity index (χ1v) is 10.4. The van der Waals surface area contributed by atoms with E-state index in [2.05, 4.69) is 15.3 Å². The summed E-state index contributed by atoms with van der Waals surface area (Å²) >= 11 is 0.854. The highest BCUT2D eigenvalue weighted by molar-refractivity contribution is 7.99. The van der Waals surface area contributed by atoms with Gasteiger partial charge < -0.3 is 14.8 Å². The predicted octanol–water partition coefficient (Wildman–Crippen LogP) is 4.26. The zero-order valence-electron chi connectivity index (χ0n) is 16.5. The number of nitrogens with zero attached hydrogens (tertiary/aromatic N) is 2. The summed E-state index contributed by atoms with van der Waals surface area (Å²) in [5.41, 5.74) is -0.171. The van der Waals surface area contributed by atoms with E-state index in [1.54, 1.807) is 0 Å². The van der Waals surface area contributed by atoms with Gasteiger partial charge in [0.2, 0.25) is 5.91 Å². The van der Waals surface area contributed by atoms with Gasteiger partial charge in [0.15, 0.2) is 16.7 Å². The van der Waals surface area contributed by atoms with Gasteiger partial charge in [0.1, 0.15) is 5.69 Å². The minimum absolute atomic E-state index is 0.0773. The molecule has 1 amide bonds. The van der Waals surface area contributed by atoms with Crippen molar-refractivity contribution in [2.75, 3.05) is 19.0 Å². The number of alkyl halides is 3. The fraction of sp³-hybridized carbons (Fsp3) is 0.450. The summed E-state index contributed by atoms with van der Waals surface area (Å²) < 4.78 is 49.6. The van der Waals surface area contributed by atoms with E-state index >= 15 is 0 Å². The summed E-state index contributed by atoms with van der Waals surface area (Å²) in [5.74, 6) is 0.953. The molecule has 2 aromatic rings. The van der Waals surface area contributed by atoms with Crippen molar-refractivity contribution in [3.63, 3.8) is 0 Å². The Morgan fingerprint density at radius 2 is 1.93 bits per heavy atom. The lowest BCUT2D eigenvalue weighted by molar-refractivity contribution is -0.141. The minimum Gasteiger partial charge on any atom is -0.490 e. The van der Waals surface area contributed by atoms with Crippen LogP contribution in [0.4, 0.5) is 13.2 Å². The second-order valence-corrected chi connectivity index (χ2v) is 8.00. The molecule has 3 rings (SSSR count). The molecule has 0 unspecified atom stereocenters. The average molecular weight is 441 g/mol. The first-order valence-electron chi connectivity index (χ1n) is 9.46. The molecule has 0 radical (unpaired) electrons. The molecule has 1 N–H and O–H groups in total. The number of halogens is 3. The number of amides is 1. The van der Waals surface area contributed by atoms with Crippen LogP contribution in [0.15, 0.2) is 35.6 Å². The molecule has 10 heteroatoms. The highest BCUT2D eigenvalue weighted by Gasteiger charge is 2.32. The van der Waals surface area contributed by atoms with Crippen LogP contribution in [-0.2, 0) is 11.0 Å². The topological polar surface area (TPSA) is 73.3 Å². The zero-order chi connectivity index (χ0) is 21.7. The van der Waals surface area contributed by atoms with Crippen LogP contribution in [0.1, 0.15) is 37.6 Å². The monoisotopic (exact) mass is 441 g/mol. The van der Waals surface area contributed by atoms with Gasteiger partial charge in [-0.3, -0.25) is 4.79 Å². The summed E-state index contributed by atoms with van der Waals surface area (Å²) in [6.07, 6.45) is -2.73. The van der Waals surface area contributed by atoms with E-state index in [0.29, 0.717) is 24.7 Å². The molecule has 0 spiro atoms. The van der Waals surface area contributed by atoms with Crippen molar-refractivity contribution in [2.24, 2.45) is 5.92 Å². The molecular weight excluding hydrogens is 419 g/mol. The Kier molecular flexibility index (Phi) is 7.06. The Morgan fingerprint density at radius 3 is 2.63 bits per heavy atom. The van der Waals surface area contributed by atoms with Crippen molar-refractivity contribution in [1.29, 1.82) is 0 Å². The van der Waals surface area contributed by atoms with Gasteiger partial charge in [0, 0.05) is 12.6 Å². The number of carbonyl (C=O) groups excluding carboxylic acids is 1. The summed E-state index contributed by atoms with van der Waals surface area (Å²) in [6.45, 7) is 5.09. The number of fused-ring (bicyclic) bond motifs is 1. The van der Waals surface area contributed by atoms with Crippen molar-refractivity contribution in [2.45, 2.75) is 37.6 Å². The van der Waals surface area contributed by atoms with Crippen LogP contribution >= 0.6 is 11.8 Å². The number of thioether (sulfide) groups is 1. The van der Waals surface area contributed by atoms with Gasteiger partial charge in [-0.2, -0.15) is 13.2 Å². The molecule has 6 nitrogen and oxygen atoms in total. The quantitative estimate of drug-likeness (QED) is 0.533. The van der Waals surface area contributed by atoms with Crippen molar-refractivity contribution < 1.29 is 27.4 Å². The maximum atomic E-state index is 12.8. The van der Waals surface area contributed by atoms with Gasteiger partial charge in [-0.05, 0) is 29.7 Å². The molecule has 0 saturated heterocycles. The van der Waals surface area contributed by atoms with Gasteiger partial charge in [0.25, 0.3) is 0 Å². The van der Waals surface area contributed by atoms with Crippen LogP contribution in [0.3, 0.4) is 0 Å². The van der Waals surface area contributed by atoms with Gasteiger partial charge in [-0.1, -0.05) is 31.7 Å². The Hall–Kier alpha value is -2.49. The van der Waals surface area contributed by atoms with Crippen LogP contribution in [0, 0.1) is 5.92 Å². The Balaban J connectivity index is 1.66. The Labute approximate surface area is 176 Å². The SMILES string of the molecule is CC(C)[C@H](NC(=O)CSc1nccc(C(F)(F)F)n1)c1ccc2c(c1)OCCCO2. The number of nitrogens with one attached hydrogen (secondary N) is 1. The molecule has 1 aromatic heterocycles. The highest BCUT2D eigenvalue weighted by atomic mass is 32.2. The standard InChI is InChI=1S/C20H22F3N3O3S/c1-12(2)18(13-4-5-14-15(10-13)29-9-3-8-28-14)26-17(27)11-30-19-24-7-6-16(25-19)20(21,22)23/h4-7,10,12,18H,3,8-9,11H2,1-2H3,(H,26,27)/t18-/m0/s1. The normalized spacial score (nSPS) is 14.9. The lowest BCUT2D eigenvalue weighted by Crippen LogP contribution is -2.33. The lowest BCUT2D eigenvalue weighted by atomic mass is 9.95. The fourth-order valence-electron chi connectivity index (χ4n) is 2.92. The molecule has 162 valence electrons. The molecule has 0 bridgehead atoms. The molecule has 1 aromatic carbocycles. The smallest absolute Gasteiger partial charge is 0.433 e. The van der Waals surface area contributed by atoms with Gasteiger partial charge in [-0.15, -0.1) is 0 Å². The van der Waals surface area contributed by atoms with E-state index in [1.807, 2.05) is 32.0 Å². The van der Waals surface area contributed by atoms with E-state index in [4.69, 9.17) is 9.47 Å². The summed E-state index contributed by atoms with van der Waals surface area (Å²) in [7, 11) is 0. The maximum absolute atomic E-state index is 12.8. The largest absolute Gasteiger partial charge is 0.490 e. The second kappa shape index (κ2) is 9.55. The Morgan fingerprint density at radius 1 is 1.20 bits per heavy atom. The second-order valence-electron chi connectivity index (χ2n) is 7.06. The third-order valence-corrected chi connectivity index (χ3v) is 5.23. The minimum atomic E-state index is -4.56. The van der Waals surface area contributed by atoms with E-state index in [9.17, 15) is 18.0 Å². The molecule has 0 aliphatic carbocycles. The number of hydrogen-bond acceptors (Lipinski definition) is 6. The zero-order valence-corrected chi connectivity index (χ0v) is 17.3. The predicted molar refractivity (Wildman–Crippen MR) is 106 cm³/mol. The number of hydrogen-bond donors (Lipinski definition) is 1. The molecule has 30 heavy (non-hydrogen) atoms. The van der Waals surface area contributed by atoms with E-state index < -0.39 is 11.9 Å². The first kappa shape index (κ1) is 22.2. The Bertz CT molecular complexity index is 893. The van der Waals surface area contributed by atoms with Crippen molar-refractivity contribution in [1.82, 2.24) is 15.3 Å². The average Bonchev–Trinajstić information content (AvgIpc) is 2.94. The number of aromatic nitrogens is 2. The van der Waals surface area contributed by atoms with Crippen LogP contribution in [0.25, 0.3) is 0 Å². The van der Waals surface area contributed by atoms with E-state index in [0.717, 1.165) is 36.0 Å². The van der Waals surface area contributed by atoms with Gasteiger partial charge >= 0.3 is 6.18 Å². The number of carbonyl (C=O) groups is 1. The van der Waals surface area contributed by atoms with E-state index in [1.165, 1.54) is 0 Å². The van der Waals surface area contributed by atoms with Crippen LogP contribution in [0.5, 0.6) is 11.5 Å². The van der Waals surface area contributed by atoms with Gasteiger partial charge in [0.05, 0.1) is 25.0 Å². The number of rotatable bonds is 6. The first-order chi connectivity index (χ1) is 14.2. The molecule has 1 atom stereocenters. The summed E-state index contributed by atoms with van der Waals surface area (Å²) in [6, 6.07) is 6.06.